The van der Waals surface area contributed by atoms with Crippen molar-refractivity contribution in [2.45, 2.75) is 356 Å². The average Bonchev–Trinajstić information content (AvgIpc) is 3.32. The third-order valence-corrected chi connectivity index (χ3v) is 14.8. The molecule has 0 radical (unpaired) electrons. The predicted octanol–water partition coefficient (Wildman–Crippen LogP) is 20.7. The summed E-state index contributed by atoms with van der Waals surface area (Å²) in [6.07, 6.45) is 58.1. The van der Waals surface area contributed by atoms with Gasteiger partial charge in [0.25, 0.3) is 0 Å². The van der Waals surface area contributed by atoms with Crippen LogP contribution in [0, 0.1) is 17.8 Å². The molecule has 0 spiro atoms. The molecular weight excluding hydrogens is 853 g/mol. The van der Waals surface area contributed by atoms with Crippen LogP contribution in [-0.2, 0) is 28.6 Å². The minimum absolute atomic E-state index is 0.0630. The van der Waals surface area contributed by atoms with Crippen molar-refractivity contribution in [3.63, 3.8) is 0 Å². The molecule has 0 aliphatic heterocycles. The van der Waals surface area contributed by atoms with E-state index >= 15 is 0 Å². The fraction of sp³-hybridized carbons (Fsp3) is 0.952. The van der Waals surface area contributed by atoms with Crippen LogP contribution in [0.1, 0.15) is 350 Å². The van der Waals surface area contributed by atoms with Crippen molar-refractivity contribution in [3.8, 4) is 0 Å². The highest BCUT2D eigenvalue weighted by atomic mass is 16.6. The van der Waals surface area contributed by atoms with Crippen LogP contribution < -0.4 is 0 Å². The molecule has 0 aromatic heterocycles. The summed E-state index contributed by atoms with van der Waals surface area (Å²) in [5.74, 6) is 1.73. The van der Waals surface area contributed by atoms with Gasteiger partial charge in [0.15, 0.2) is 6.10 Å². The molecule has 0 amide bonds. The summed E-state index contributed by atoms with van der Waals surface area (Å²) >= 11 is 0. The molecule has 0 saturated carbocycles. The normalized spacial score (nSPS) is 12.5. The van der Waals surface area contributed by atoms with E-state index in [1.54, 1.807) is 0 Å². The van der Waals surface area contributed by atoms with E-state index in [2.05, 4.69) is 41.5 Å². The second kappa shape index (κ2) is 54.2. The van der Waals surface area contributed by atoms with Crippen molar-refractivity contribution in [2.75, 3.05) is 13.2 Å². The summed E-state index contributed by atoms with van der Waals surface area (Å²) in [4.78, 5) is 38.2. The van der Waals surface area contributed by atoms with Crippen LogP contribution in [0.4, 0.5) is 0 Å². The number of hydrogen-bond acceptors (Lipinski definition) is 6. The second-order valence-corrected chi connectivity index (χ2v) is 22.9. The van der Waals surface area contributed by atoms with Gasteiger partial charge in [0.1, 0.15) is 13.2 Å². The first kappa shape index (κ1) is 67.4. The maximum Gasteiger partial charge on any atom is 0.306 e. The standard InChI is InChI=1S/C63H122O6/c1-7-59(6)51-45-39-33-27-21-14-12-10-8-9-11-13-15-22-28-34-40-46-52-61(64)67-55-60(69-63(66)54-48-42-36-30-24-18-20-26-32-38-44-50-58(4)5)56-68-62(65)53-47-41-35-29-23-17-16-19-25-31-37-43-49-57(2)3/h57-60H,7-56H2,1-6H3/t59?,60-/m0/s1. The van der Waals surface area contributed by atoms with Crippen LogP contribution in [0.25, 0.3) is 0 Å². The minimum Gasteiger partial charge on any atom is -0.462 e. The van der Waals surface area contributed by atoms with Gasteiger partial charge in [0.05, 0.1) is 0 Å². The Morgan fingerprint density at radius 1 is 0.290 bits per heavy atom. The zero-order chi connectivity index (χ0) is 50.5. The number of hydrogen-bond donors (Lipinski definition) is 0. The summed E-state index contributed by atoms with van der Waals surface area (Å²) in [7, 11) is 0. The van der Waals surface area contributed by atoms with Crippen molar-refractivity contribution in [1.29, 1.82) is 0 Å². The zero-order valence-corrected chi connectivity index (χ0v) is 47.6. The van der Waals surface area contributed by atoms with Crippen LogP contribution >= 0.6 is 0 Å². The van der Waals surface area contributed by atoms with Crippen LogP contribution in [-0.4, -0.2) is 37.2 Å². The molecule has 2 atom stereocenters. The van der Waals surface area contributed by atoms with E-state index in [9.17, 15) is 14.4 Å². The Morgan fingerprint density at radius 3 is 0.754 bits per heavy atom. The van der Waals surface area contributed by atoms with E-state index in [1.165, 1.54) is 231 Å². The lowest BCUT2D eigenvalue weighted by Gasteiger charge is -2.18. The van der Waals surface area contributed by atoms with Gasteiger partial charge < -0.3 is 14.2 Å². The van der Waals surface area contributed by atoms with Gasteiger partial charge in [0, 0.05) is 19.3 Å². The Hall–Kier alpha value is -1.59. The van der Waals surface area contributed by atoms with Gasteiger partial charge in [-0.25, -0.2) is 0 Å². The van der Waals surface area contributed by atoms with Crippen molar-refractivity contribution in [1.82, 2.24) is 0 Å². The lowest BCUT2D eigenvalue weighted by Crippen LogP contribution is -2.30. The molecule has 6 nitrogen and oxygen atoms in total. The second-order valence-electron chi connectivity index (χ2n) is 22.9. The van der Waals surface area contributed by atoms with Crippen molar-refractivity contribution in [2.24, 2.45) is 17.8 Å². The van der Waals surface area contributed by atoms with Crippen molar-refractivity contribution < 1.29 is 28.6 Å². The zero-order valence-electron chi connectivity index (χ0n) is 47.6. The number of rotatable bonds is 56. The molecule has 0 bridgehead atoms. The molecule has 410 valence electrons. The van der Waals surface area contributed by atoms with E-state index in [4.69, 9.17) is 14.2 Å². The SMILES string of the molecule is CCC(C)CCCCCCCCCCCCCCCCCCCCC(=O)OC[C@@H](COC(=O)CCCCCCCCCCCCCCC(C)C)OC(=O)CCCCCCCCCCCCCC(C)C. The molecule has 0 N–H and O–H groups in total. The van der Waals surface area contributed by atoms with Crippen molar-refractivity contribution in [3.05, 3.63) is 0 Å². The van der Waals surface area contributed by atoms with E-state index in [-0.39, 0.29) is 31.1 Å². The first-order chi connectivity index (χ1) is 33.6. The predicted molar refractivity (Wildman–Crippen MR) is 298 cm³/mol. The third-order valence-electron chi connectivity index (χ3n) is 14.8. The number of carbonyl (C=O) groups excluding carboxylic acids is 3. The maximum atomic E-state index is 12.9. The van der Waals surface area contributed by atoms with Gasteiger partial charge in [-0.05, 0) is 37.0 Å². The number of carbonyl (C=O) groups is 3. The molecule has 1 unspecified atom stereocenters. The molecule has 69 heavy (non-hydrogen) atoms. The fourth-order valence-corrected chi connectivity index (χ4v) is 9.67. The third kappa shape index (κ3) is 55.6. The molecule has 0 aromatic rings. The van der Waals surface area contributed by atoms with Gasteiger partial charge in [-0.1, -0.05) is 311 Å². The van der Waals surface area contributed by atoms with Crippen LogP contribution in [0.15, 0.2) is 0 Å². The fourth-order valence-electron chi connectivity index (χ4n) is 9.67. The Balaban J connectivity index is 4.24. The summed E-state index contributed by atoms with van der Waals surface area (Å²) in [6, 6.07) is 0. The van der Waals surface area contributed by atoms with Crippen molar-refractivity contribution >= 4 is 17.9 Å². The van der Waals surface area contributed by atoms with Gasteiger partial charge in [-0.3, -0.25) is 14.4 Å². The summed E-state index contributed by atoms with van der Waals surface area (Å²) in [5, 5.41) is 0. The van der Waals surface area contributed by atoms with Gasteiger partial charge >= 0.3 is 17.9 Å². The van der Waals surface area contributed by atoms with Gasteiger partial charge in [0.2, 0.25) is 0 Å². The van der Waals surface area contributed by atoms with E-state index in [0.717, 1.165) is 75.5 Å². The minimum atomic E-state index is -0.764. The number of ether oxygens (including phenoxy) is 3. The summed E-state index contributed by atoms with van der Waals surface area (Å²) < 4.78 is 16.9. The molecule has 0 aliphatic rings. The van der Waals surface area contributed by atoms with Gasteiger partial charge in [-0.15, -0.1) is 0 Å². The highest BCUT2D eigenvalue weighted by Gasteiger charge is 2.19. The number of unbranched alkanes of at least 4 members (excludes halogenated alkanes) is 38. The van der Waals surface area contributed by atoms with Gasteiger partial charge in [-0.2, -0.15) is 0 Å². The highest BCUT2D eigenvalue weighted by Crippen LogP contribution is 2.19. The number of esters is 3. The summed E-state index contributed by atoms with van der Waals surface area (Å²) in [6.45, 7) is 13.8. The molecule has 0 saturated heterocycles. The van der Waals surface area contributed by atoms with Crippen LogP contribution in [0.5, 0.6) is 0 Å². The van der Waals surface area contributed by atoms with E-state index < -0.39 is 6.10 Å². The smallest absolute Gasteiger partial charge is 0.306 e. The highest BCUT2D eigenvalue weighted by molar-refractivity contribution is 5.71. The Kier molecular flexibility index (Phi) is 52.9. The Morgan fingerprint density at radius 2 is 0.507 bits per heavy atom. The molecule has 0 aromatic carbocycles. The molecule has 0 rings (SSSR count). The van der Waals surface area contributed by atoms with Crippen LogP contribution in [0.3, 0.4) is 0 Å². The Labute approximate surface area is 431 Å². The van der Waals surface area contributed by atoms with Crippen LogP contribution in [0.2, 0.25) is 0 Å². The lowest BCUT2D eigenvalue weighted by atomic mass is 9.99. The first-order valence-corrected chi connectivity index (χ1v) is 31.1. The molecule has 6 heteroatoms. The first-order valence-electron chi connectivity index (χ1n) is 31.1. The summed E-state index contributed by atoms with van der Waals surface area (Å²) in [5.41, 5.74) is 0. The van der Waals surface area contributed by atoms with E-state index in [1.807, 2.05) is 0 Å². The maximum absolute atomic E-state index is 12.9. The lowest BCUT2D eigenvalue weighted by molar-refractivity contribution is -0.167. The average molecular weight is 976 g/mol. The molecule has 0 heterocycles. The Bertz CT molecular complexity index is 1070. The largest absolute Gasteiger partial charge is 0.462 e. The van der Waals surface area contributed by atoms with E-state index in [0.29, 0.717) is 19.3 Å². The molecule has 0 aliphatic carbocycles. The topological polar surface area (TPSA) is 78.9 Å². The monoisotopic (exact) mass is 975 g/mol. The molecule has 0 fully saturated rings. The quantitative estimate of drug-likeness (QED) is 0.0343. The molecular formula is C63H122O6.